The van der Waals surface area contributed by atoms with Gasteiger partial charge in [0.2, 0.25) is 0 Å². The first-order chi connectivity index (χ1) is 11.0. The maximum atomic E-state index is 12.4. The molecule has 0 unspecified atom stereocenters. The fourth-order valence-electron chi connectivity index (χ4n) is 2.94. The number of fused-ring (bicyclic) bond motifs is 1. The predicted molar refractivity (Wildman–Crippen MR) is 93.7 cm³/mol. The van der Waals surface area contributed by atoms with Crippen molar-refractivity contribution in [3.63, 3.8) is 0 Å². The number of benzene rings is 2. The molecule has 5 heteroatoms. The minimum atomic E-state index is -0.00735. The third kappa shape index (κ3) is 3.67. The van der Waals surface area contributed by atoms with E-state index in [2.05, 4.69) is 15.9 Å². The van der Waals surface area contributed by atoms with Gasteiger partial charge in [-0.2, -0.15) is 0 Å². The van der Waals surface area contributed by atoms with Crippen LogP contribution in [0.25, 0.3) is 10.8 Å². The van der Waals surface area contributed by atoms with Crippen LogP contribution in [-0.2, 0) is 9.53 Å². The van der Waals surface area contributed by atoms with Gasteiger partial charge in [0.05, 0.1) is 16.7 Å². The first-order valence-corrected chi connectivity index (χ1v) is 8.57. The number of amides is 1. The Morgan fingerprint density at radius 3 is 2.65 bits per heavy atom. The summed E-state index contributed by atoms with van der Waals surface area (Å²) in [5.41, 5.74) is 0. The van der Waals surface area contributed by atoms with E-state index >= 15 is 0 Å². The van der Waals surface area contributed by atoms with Crippen LogP contribution in [0.15, 0.2) is 40.9 Å². The van der Waals surface area contributed by atoms with E-state index in [-0.39, 0.29) is 24.7 Å². The summed E-state index contributed by atoms with van der Waals surface area (Å²) in [6, 6.07) is 12.0. The standard InChI is InChI=1S/C18H20BrNO3/c1-12-9-20(10-13(2)23-12)17(21)11-22-16-8-7-14-5-3-4-6-15(14)18(16)19/h3-8,12-13H,9-11H2,1-2H3/t12-,13-/m1/s1. The second-order valence-corrected chi connectivity index (χ2v) is 6.74. The fourth-order valence-corrected chi connectivity index (χ4v) is 3.55. The molecule has 0 N–H and O–H groups in total. The van der Waals surface area contributed by atoms with Gasteiger partial charge in [-0.3, -0.25) is 4.79 Å². The molecule has 122 valence electrons. The Hall–Kier alpha value is -1.59. The zero-order valence-electron chi connectivity index (χ0n) is 13.3. The lowest BCUT2D eigenvalue weighted by molar-refractivity contribution is -0.145. The van der Waals surface area contributed by atoms with Crippen molar-refractivity contribution in [2.45, 2.75) is 26.1 Å². The van der Waals surface area contributed by atoms with Crippen LogP contribution < -0.4 is 4.74 Å². The molecule has 1 amide bonds. The van der Waals surface area contributed by atoms with E-state index < -0.39 is 0 Å². The summed E-state index contributed by atoms with van der Waals surface area (Å²) in [7, 11) is 0. The molecule has 0 saturated carbocycles. The van der Waals surface area contributed by atoms with Crippen LogP contribution in [0.5, 0.6) is 5.75 Å². The largest absolute Gasteiger partial charge is 0.483 e. The van der Waals surface area contributed by atoms with Gasteiger partial charge in [-0.15, -0.1) is 0 Å². The molecular formula is C18H20BrNO3. The summed E-state index contributed by atoms with van der Waals surface area (Å²) in [6.45, 7) is 5.24. The van der Waals surface area contributed by atoms with E-state index in [0.717, 1.165) is 15.2 Å². The molecule has 1 fully saturated rings. The highest BCUT2D eigenvalue weighted by Crippen LogP contribution is 2.33. The number of carbonyl (C=O) groups is 1. The summed E-state index contributed by atoms with van der Waals surface area (Å²) in [5.74, 6) is 0.679. The first kappa shape index (κ1) is 16.3. The Morgan fingerprint density at radius 2 is 1.91 bits per heavy atom. The number of halogens is 1. The molecule has 2 aromatic rings. The summed E-state index contributed by atoms with van der Waals surface area (Å²) < 4.78 is 12.3. The molecule has 2 aromatic carbocycles. The minimum Gasteiger partial charge on any atom is -0.483 e. The lowest BCUT2D eigenvalue weighted by atomic mass is 10.1. The van der Waals surface area contributed by atoms with Crippen molar-refractivity contribution in [2.24, 2.45) is 0 Å². The Bertz CT molecular complexity index is 708. The zero-order chi connectivity index (χ0) is 16.4. The molecule has 0 bridgehead atoms. The van der Waals surface area contributed by atoms with Crippen LogP contribution >= 0.6 is 15.9 Å². The number of hydrogen-bond acceptors (Lipinski definition) is 3. The SMILES string of the molecule is C[C@@H]1CN(C(=O)COc2ccc3ccccc3c2Br)C[C@@H](C)O1. The van der Waals surface area contributed by atoms with Gasteiger partial charge in [-0.25, -0.2) is 0 Å². The molecule has 0 radical (unpaired) electrons. The normalized spacial score (nSPS) is 21.4. The van der Waals surface area contributed by atoms with Gasteiger partial charge in [0, 0.05) is 13.1 Å². The molecule has 0 spiro atoms. The van der Waals surface area contributed by atoms with Gasteiger partial charge in [-0.05, 0) is 46.6 Å². The first-order valence-electron chi connectivity index (χ1n) is 7.78. The maximum Gasteiger partial charge on any atom is 0.260 e. The van der Waals surface area contributed by atoms with Crippen molar-refractivity contribution in [2.75, 3.05) is 19.7 Å². The van der Waals surface area contributed by atoms with Crippen molar-refractivity contribution in [3.05, 3.63) is 40.9 Å². The predicted octanol–water partition coefficient (Wildman–Crippen LogP) is 3.62. The van der Waals surface area contributed by atoms with Crippen molar-refractivity contribution >= 4 is 32.6 Å². The lowest BCUT2D eigenvalue weighted by Gasteiger charge is -2.35. The van der Waals surface area contributed by atoms with Crippen LogP contribution in [-0.4, -0.2) is 42.7 Å². The smallest absolute Gasteiger partial charge is 0.260 e. The van der Waals surface area contributed by atoms with Crippen molar-refractivity contribution in [1.82, 2.24) is 4.90 Å². The van der Waals surface area contributed by atoms with Gasteiger partial charge in [-0.1, -0.05) is 30.3 Å². The zero-order valence-corrected chi connectivity index (χ0v) is 14.9. The van der Waals surface area contributed by atoms with Crippen LogP contribution in [0.4, 0.5) is 0 Å². The Morgan fingerprint density at radius 1 is 1.22 bits per heavy atom. The van der Waals surface area contributed by atoms with Gasteiger partial charge in [0.25, 0.3) is 5.91 Å². The summed E-state index contributed by atoms with van der Waals surface area (Å²) in [4.78, 5) is 14.2. The van der Waals surface area contributed by atoms with Gasteiger partial charge < -0.3 is 14.4 Å². The van der Waals surface area contributed by atoms with Crippen LogP contribution in [0.1, 0.15) is 13.8 Å². The monoisotopic (exact) mass is 377 g/mol. The quantitative estimate of drug-likeness (QED) is 0.819. The molecule has 2 atom stereocenters. The summed E-state index contributed by atoms with van der Waals surface area (Å²) in [6.07, 6.45) is 0.130. The fraction of sp³-hybridized carbons (Fsp3) is 0.389. The van der Waals surface area contributed by atoms with E-state index in [0.29, 0.717) is 18.8 Å². The van der Waals surface area contributed by atoms with Crippen molar-refractivity contribution in [3.8, 4) is 5.75 Å². The molecule has 1 heterocycles. The van der Waals surface area contributed by atoms with Crippen LogP contribution in [0.2, 0.25) is 0 Å². The Balaban J connectivity index is 1.68. The molecule has 1 aliphatic heterocycles. The van der Waals surface area contributed by atoms with Crippen molar-refractivity contribution in [1.29, 1.82) is 0 Å². The number of ether oxygens (including phenoxy) is 2. The van der Waals surface area contributed by atoms with E-state index in [1.165, 1.54) is 0 Å². The number of nitrogens with zero attached hydrogens (tertiary/aromatic N) is 1. The number of hydrogen-bond donors (Lipinski definition) is 0. The van der Waals surface area contributed by atoms with Gasteiger partial charge in [0.15, 0.2) is 6.61 Å². The average molecular weight is 378 g/mol. The van der Waals surface area contributed by atoms with Crippen LogP contribution in [0, 0.1) is 0 Å². The Kier molecular flexibility index (Phi) is 4.87. The molecule has 0 aromatic heterocycles. The van der Waals surface area contributed by atoms with E-state index in [9.17, 15) is 4.79 Å². The highest BCUT2D eigenvalue weighted by molar-refractivity contribution is 9.10. The summed E-state index contributed by atoms with van der Waals surface area (Å²) >= 11 is 3.58. The Labute approximate surface area is 144 Å². The number of carbonyl (C=O) groups excluding carboxylic acids is 1. The van der Waals surface area contributed by atoms with Gasteiger partial charge >= 0.3 is 0 Å². The third-order valence-electron chi connectivity index (χ3n) is 3.95. The number of morpholine rings is 1. The third-order valence-corrected chi connectivity index (χ3v) is 4.77. The van der Waals surface area contributed by atoms with E-state index in [1.54, 1.807) is 0 Å². The molecular weight excluding hydrogens is 358 g/mol. The van der Waals surface area contributed by atoms with E-state index in [4.69, 9.17) is 9.47 Å². The second-order valence-electron chi connectivity index (χ2n) is 5.94. The molecule has 1 aliphatic rings. The van der Waals surface area contributed by atoms with Crippen LogP contribution in [0.3, 0.4) is 0 Å². The highest BCUT2D eigenvalue weighted by Gasteiger charge is 2.26. The summed E-state index contributed by atoms with van der Waals surface area (Å²) in [5, 5.41) is 2.21. The molecule has 23 heavy (non-hydrogen) atoms. The molecule has 0 aliphatic carbocycles. The van der Waals surface area contributed by atoms with Crippen molar-refractivity contribution < 1.29 is 14.3 Å². The number of rotatable bonds is 3. The van der Waals surface area contributed by atoms with E-state index in [1.807, 2.05) is 55.1 Å². The molecule has 1 saturated heterocycles. The average Bonchev–Trinajstić information content (AvgIpc) is 2.53. The lowest BCUT2D eigenvalue weighted by Crippen LogP contribution is -2.49. The van der Waals surface area contributed by atoms with Gasteiger partial charge in [0.1, 0.15) is 5.75 Å². The molecule has 4 nitrogen and oxygen atoms in total. The highest BCUT2D eigenvalue weighted by atomic mass is 79.9. The second kappa shape index (κ2) is 6.89. The molecule has 3 rings (SSSR count). The maximum absolute atomic E-state index is 12.4. The minimum absolute atomic E-state index is 0.00735. The topological polar surface area (TPSA) is 38.8 Å².